The van der Waals surface area contributed by atoms with E-state index in [-0.39, 0.29) is 11.2 Å². The highest BCUT2D eigenvalue weighted by Gasteiger charge is 2.10. The molecule has 5 rings (SSSR count). The van der Waals surface area contributed by atoms with Crippen molar-refractivity contribution in [2.45, 2.75) is 13.0 Å². The highest BCUT2D eigenvalue weighted by molar-refractivity contribution is 6.30. The van der Waals surface area contributed by atoms with Crippen LogP contribution in [0.2, 0.25) is 5.02 Å². The molecule has 2 heterocycles. The summed E-state index contributed by atoms with van der Waals surface area (Å²) in [4.78, 5) is 12.9. The Morgan fingerprint density at radius 1 is 0.971 bits per heavy atom. The molecule has 0 aliphatic heterocycles. The summed E-state index contributed by atoms with van der Waals surface area (Å²) in [6.45, 7) is 1.21. The summed E-state index contributed by atoms with van der Waals surface area (Å²) in [5, 5.41) is 15.1. The fourth-order valence-electron chi connectivity index (χ4n) is 3.73. The molecule has 1 N–H and O–H groups in total. The lowest BCUT2D eigenvalue weighted by Crippen LogP contribution is -2.06. The molecule has 170 valence electrons. The van der Waals surface area contributed by atoms with Crippen LogP contribution in [0, 0.1) is 0 Å². The second-order valence-corrected chi connectivity index (χ2v) is 8.32. The van der Waals surface area contributed by atoms with E-state index >= 15 is 0 Å². The van der Waals surface area contributed by atoms with Crippen LogP contribution in [0.25, 0.3) is 33.2 Å². The monoisotopic (exact) mass is 472 g/mol. The third-order valence-electron chi connectivity index (χ3n) is 5.54. The van der Waals surface area contributed by atoms with Crippen molar-refractivity contribution < 1.29 is 14.3 Å². The average molecular weight is 473 g/mol. The molecule has 5 aromatic rings. The van der Waals surface area contributed by atoms with Crippen molar-refractivity contribution >= 4 is 22.6 Å². The van der Waals surface area contributed by atoms with E-state index in [4.69, 9.17) is 20.8 Å². The third kappa shape index (κ3) is 4.67. The Balaban J connectivity index is 1.21. The van der Waals surface area contributed by atoms with Gasteiger partial charge in [-0.05, 0) is 47.5 Å². The maximum atomic E-state index is 12.9. The van der Waals surface area contributed by atoms with Crippen LogP contribution in [0.1, 0.15) is 6.42 Å². The number of aromatic hydroxyl groups is 1. The minimum Gasteiger partial charge on any atom is -0.508 e. The number of rotatable bonds is 7. The first-order valence-corrected chi connectivity index (χ1v) is 11.2. The second kappa shape index (κ2) is 9.45. The van der Waals surface area contributed by atoms with Gasteiger partial charge in [-0.25, -0.2) is 0 Å². The van der Waals surface area contributed by atoms with Gasteiger partial charge in [0.2, 0.25) is 0 Å². The number of ether oxygens (including phenoxy) is 1. The molecule has 0 fully saturated rings. The Bertz CT molecular complexity index is 1490. The van der Waals surface area contributed by atoms with E-state index in [1.165, 1.54) is 18.4 Å². The quantitative estimate of drug-likeness (QED) is 0.287. The predicted octanol–water partition coefficient (Wildman–Crippen LogP) is 6.15. The van der Waals surface area contributed by atoms with Gasteiger partial charge in [0.1, 0.15) is 23.3 Å². The summed E-state index contributed by atoms with van der Waals surface area (Å²) >= 11 is 5.95. The molecule has 0 aliphatic carbocycles. The highest BCUT2D eigenvalue weighted by atomic mass is 35.5. The SMILES string of the molecule is O=c1c(-c2ccc(O)cc2)coc2cc(OCCCn3cc(-c4ccc(Cl)cc4)cn3)ccc12. The van der Waals surface area contributed by atoms with Crippen molar-refractivity contribution in [2.75, 3.05) is 6.61 Å². The number of phenolic OH excluding ortho intramolecular Hbond substituents is 1. The zero-order chi connectivity index (χ0) is 23.5. The van der Waals surface area contributed by atoms with Gasteiger partial charge in [0.25, 0.3) is 0 Å². The van der Waals surface area contributed by atoms with Gasteiger partial charge in [-0.2, -0.15) is 5.10 Å². The van der Waals surface area contributed by atoms with E-state index in [2.05, 4.69) is 5.10 Å². The Morgan fingerprint density at radius 3 is 2.53 bits per heavy atom. The smallest absolute Gasteiger partial charge is 0.200 e. The van der Waals surface area contributed by atoms with Crippen molar-refractivity contribution in [3.05, 3.63) is 101 Å². The Kier molecular flexibility index (Phi) is 6.06. The Morgan fingerprint density at radius 2 is 1.74 bits per heavy atom. The molecular weight excluding hydrogens is 452 g/mol. The van der Waals surface area contributed by atoms with E-state index in [1.54, 1.807) is 30.3 Å². The molecule has 0 amide bonds. The van der Waals surface area contributed by atoms with E-state index in [1.807, 2.05) is 41.3 Å². The predicted molar refractivity (Wildman–Crippen MR) is 132 cm³/mol. The van der Waals surface area contributed by atoms with E-state index in [0.717, 1.165) is 17.5 Å². The van der Waals surface area contributed by atoms with Gasteiger partial charge in [0, 0.05) is 35.8 Å². The number of hydrogen-bond donors (Lipinski definition) is 1. The molecule has 34 heavy (non-hydrogen) atoms. The number of fused-ring (bicyclic) bond motifs is 1. The van der Waals surface area contributed by atoms with Crippen LogP contribution < -0.4 is 10.2 Å². The van der Waals surface area contributed by atoms with Crippen LogP contribution in [0.15, 0.2) is 94.6 Å². The number of hydrogen-bond acceptors (Lipinski definition) is 5. The van der Waals surface area contributed by atoms with Gasteiger partial charge >= 0.3 is 0 Å². The van der Waals surface area contributed by atoms with Gasteiger partial charge < -0.3 is 14.3 Å². The molecule has 0 saturated carbocycles. The summed E-state index contributed by atoms with van der Waals surface area (Å²) in [6, 6.07) is 19.3. The number of halogens is 1. The first kappa shape index (κ1) is 21.8. The minimum atomic E-state index is -0.131. The van der Waals surface area contributed by atoms with Crippen LogP contribution in [-0.2, 0) is 6.54 Å². The first-order chi connectivity index (χ1) is 16.6. The number of phenols is 1. The third-order valence-corrected chi connectivity index (χ3v) is 5.79. The zero-order valence-corrected chi connectivity index (χ0v) is 18.9. The van der Waals surface area contributed by atoms with Crippen LogP contribution >= 0.6 is 11.6 Å². The van der Waals surface area contributed by atoms with Crippen molar-refractivity contribution in [3.63, 3.8) is 0 Å². The van der Waals surface area contributed by atoms with Gasteiger partial charge in [0.15, 0.2) is 5.43 Å². The van der Waals surface area contributed by atoms with Crippen LogP contribution in [-0.4, -0.2) is 21.5 Å². The summed E-state index contributed by atoms with van der Waals surface area (Å²) in [5.74, 6) is 0.778. The number of aromatic nitrogens is 2. The lowest BCUT2D eigenvalue weighted by molar-refractivity contribution is 0.298. The molecule has 0 saturated heterocycles. The van der Waals surface area contributed by atoms with E-state index in [9.17, 15) is 9.90 Å². The number of aryl methyl sites for hydroxylation is 1. The molecule has 2 aromatic heterocycles. The summed E-state index contributed by atoms with van der Waals surface area (Å²) in [5.41, 5.74) is 3.57. The fraction of sp³-hybridized carbons (Fsp3) is 0.111. The van der Waals surface area contributed by atoms with Gasteiger partial charge in [-0.3, -0.25) is 9.48 Å². The normalized spacial score (nSPS) is 11.1. The van der Waals surface area contributed by atoms with Crippen LogP contribution in [0.3, 0.4) is 0 Å². The van der Waals surface area contributed by atoms with Gasteiger partial charge in [0.05, 0.1) is 23.8 Å². The van der Waals surface area contributed by atoms with Crippen LogP contribution in [0.4, 0.5) is 0 Å². The molecule has 7 heteroatoms. The molecule has 6 nitrogen and oxygen atoms in total. The van der Waals surface area contributed by atoms with Crippen molar-refractivity contribution in [1.82, 2.24) is 9.78 Å². The molecule has 0 spiro atoms. The lowest BCUT2D eigenvalue weighted by Gasteiger charge is -2.08. The molecule has 0 atom stereocenters. The van der Waals surface area contributed by atoms with E-state index < -0.39 is 0 Å². The lowest BCUT2D eigenvalue weighted by atomic mass is 10.1. The average Bonchev–Trinajstić information content (AvgIpc) is 3.32. The molecule has 0 aliphatic rings. The summed E-state index contributed by atoms with van der Waals surface area (Å²) in [7, 11) is 0. The molecular formula is C27H21ClN2O4. The molecule has 0 radical (unpaired) electrons. The first-order valence-electron chi connectivity index (χ1n) is 10.8. The Labute approximate surface area is 200 Å². The Hall–Kier alpha value is -4.03. The van der Waals surface area contributed by atoms with E-state index in [0.29, 0.717) is 46.0 Å². The standard InChI is InChI=1S/C27H21ClN2O4/c28-21-6-2-18(3-7-21)20-15-29-30(16-20)12-1-13-33-23-10-11-24-26(14-23)34-17-25(27(24)32)19-4-8-22(31)9-5-19/h2-11,14-17,31H,1,12-13H2. The zero-order valence-electron chi connectivity index (χ0n) is 18.1. The topological polar surface area (TPSA) is 77.5 Å². The van der Waals surface area contributed by atoms with Crippen molar-refractivity contribution in [3.8, 4) is 33.8 Å². The van der Waals surface area contributed by atoms with Gasteiger partial charge in [-0.15, -0.1) is 0 Å². The second-order valence-electron chi connectivity index (χ2n) is 7.88. The number of nitrogens with zero attached hydrogens (tertiary/aromatic N) is 2. The maximum absolute atomic E-state index is 12.9. The van der Waals surface area contributed by atoms with Gasteiger partial charge in [-0.1, -0.05) is 35.9 Å². The summed E-state index contributed by atoms with van der Waals surface area (Å²) in [6.07, 6.45) is 6.04. The molecule has 0 bridgehead atoms. The minimum absolute atomic E-state index is 0.131. The van der Waals surface area contributed by atoms with Crippen molar-refractivity contribution in [1.29, 1.82) is 0 Å². The number of benzene rings is 3. The maximum Gasteiger partial charge on any atom is 0.200 e. The van der Waals surface area contributed by atoms with Crippen molar-refractivity contribution in [2.24, 2.45) is 0 Å². The fourth-order valence-corrected chi connectivity index (χ4v) is 3.86. The van der Waals surface area contributed by atoms with Crippen LogP contribution in [0.5, 0.6) is 11.5 Å². The summed E-state index contributed by atoms with van der Waals surface area (Å²) < 4.78 is 13.5. The molecule has 0 unspecified atom stereocenters. The largest absolute Gasteiger partial charge is 0.508 e. The molecule has 3 aromatic carbocycles. The highest BCUT2D eigenvalue weighted by Crippen LogP contribution is 2.25.